The second-order valence-electron chi connectivity index (χ2n) is 4.84. The highest BCUT2D eigenvalue weighted by molar-refractivity contribution is 7.15. The molecular weight excluding hydrogens is 350 g/mol. The van der Waals surface area contributed by atoms with Crippen molar-refractivity contribution in [2.24, 2.45) is 0 Å². The smallest absolute Gasteiger partial charge is 0.412 e. The van der Waals surface area contributed by atoms with Crippen LogP contribution in [-0.4, -0.2) is 25.3 Å². The zero-order chi connectivity index (χ0) is 17.5. The third kappa shape index (κ3) is 4.49. The largest absolute Gasteiger partial charge is 0.462 e. The van der Waals surface area contributed by atoms with Crippen molar-refractivity contribution in [1.82, 2.24) is 0 Å². The molecule has 2 aromatic rings. The number of hydrogen-bond donors (Lipinski definition) is 1. The highest BCUT2D eigenvalue weighted by Crippen LogP contribution is 2.36. The van der Waals surface area contributed by atoms with Crippen molar-refractivity contribution in [1.29, 1.82) is 0 Å². The summed E-state index contributed by atoms with van der Waals surface area (Å²) >= 11 is 7.16. The summed E-state index contributed by atoms with van der Waals surface area (Å²) in [4.78, 5) is 24.1. The van der Waals surface area contributed by atoms with Crippen LogP contribution in [0.3, 0.4) is 0 Å². The SMILES string of the molecule is CCCOC(=O)Nc1scc(-c2ccc(Cl)cc2)c1C(=O)OCC. The third-order valence-corrected chi connectivity index (χ3v) is 4.23. The Labute approximate surface area is 149 Å². The minimum absolute atomic E-state index is 0.245. The Morgan fingerprint density at radius 2 is 1.88 bits per heavy atom. The first-order chi connectivity index (χ1) is 11.6. The molecule has 0 spiro atoms. The van der Waals surface area contributed by atoms with E-state index in [2.05, 4.69) is 5.32 Å². The molecule has 24 heavy (non-hydrogen) atoms. The second-order valence-corrected chi connectivity index (χ2v) is 6.16. The molecule has 7 heteroatoms. The fourth-order valence-electron chi connectivity index (χ4n) is 2.02. The van der Waals surface area contributed by atoms with E-state index in [1.807, 2.05) is 19.1 Å². The predicted octanol–water partition coefficient (Wildman–Crippen LogP) is 5.20. The van der Waals surface area contributed by atoms with E-state index in [9.17, 15) is 9.59 Å². The molecule has 1 aromatic heterocycles. The van der Waals surface area contributed by atoms with Crippen LogP contribution in [-0.2, 0) is 9.47 Å². The number of thiophene rings is 1. The van der Waals surface area contributed by atoms with Gasteiger partial charge in [0.1, 0.15) is 10.6 Å². The molecular formula is C17H18ClNO4S. The Hall–Kier alpha value is -2.05. The topological polar surface area (TPSA) is 64.6 Å². The highest BCUT2D eigenvalue weighted by Gasteiger charge is 2.23. The number of hydrogen-bond acceptors (Lipinski definition) is 5. The van der Waals surface area contributed by atoms with Gasteiger partial charge in [0.2, 0.25) is 0 Å². The fraction of sp³-hybridized carbons (Fsp3) is 0.294. The van der Waals surface area contributed by atoms with Gasteiger partial charge in [0.15, 0.2) is 0 Å². The molecule has 2 rings (SSSR count). The fourth-order valence-corrected chi connectivity index (χ4v) is 3.09. The average Bonchev–Trinajstić information content (AvgIpc) is 2.97. The first-order valence-electron chi connectivity index (χ1n) is 7.55. The van der Waals surface area contributed by atoms with Crippen LogP contribution in [0.4, 0.5) is 9.80 Å². The number of amides is 1. The van der Waals surface area contributed by atoms with Gasteiger partial charge < -0.3 is 9.47 Å². The summed E-state index contributed by atoms with van der Waals surface area (Å²) in [6, 6.07) is 7.11. The third-order valence-electron chi connectivity index (χ3n) is 3.08. The van der Waals surface area contributed by atoms with Crippen LogP contribution < -0.4 is 5.32 Å². The summed E-state index contributed by atoms with van der Waals surface area (Å²) in [6.45, 7) is 4.19. The van der Waals surface area contributed by atoms with E-state index in [0.717, 1.165) is 12.0 Å². The predicted molar refractivity (Wildman–Crippen MR) is 96.0 cm³/mol. The first kappa shape index (κ1) is 18.3. The van der Waals surface area contributed by atoms with E-state index in [1.165, 1.54) is 11.3 Å². The molecule has 0 saturated carbocycles. The van der Waals surface area contributed by atoms with Crippen molar-refractivity contribution in [3.8, 4) is 11.1 Å². The lowest BCUT2D eigenvalue weighted by atomic mass is 10.0. The summed E-state index contributed by atoms with van der Waals surface area (Å²) in [7, 11) is 0. The van der Waals surface area contributed by atoms with Crippen LogP contribution in [0.1, 0.15) is 30.6 Å². The quantitative estimate of drug-likeness (QED) is 0.712. The lowest BCUT2D eigenvalue weighted by Gasteiger charge is -2.09. The van der Waals surface area contributed by atoms with Gasteiger partial charge in [-0.15, -0.1) is 11.3 Å². The van der Waals surface area contributed by atoms with Gasteiger partial charge in [0, 0.05) is 16.0 Å². The van der Waals surface area contributed by atoms with Crippen LogP contribution in [0.5, 0.6) is 0 Å². The van der Waals surface area contributed by atoms with E-state index >= 15 is 0 Å². The molecule has 0 atom stereocenters. The minimum atomic E-state index is -0.591. The maximum absolute atomic E-state index is 12.3. The Kier molecular flexibility index (Phi) is 6.63. The molecule has 1 heterocycles. The molecule has 0 aliphatic rings. The van der Waals surface area contributed by atoms with Gasteiger partial charge in [-0.25, -0.2) is 9.59 Å². The maximum Gasteiger partial charge on any atom is 0.412 e. The molecule has 0 saturated heterocycles. The summed E-state index contributed by atoms with van der Waals surface area (Å²) in [6.07, 6.45) is 0.130. The molecule has 0 bridgehead atoms. The maximum atomic E-state index is 12.3. The number of benzene rings is 1. The summed E-state index contributed by atoms with van der Waals surface area (Å²) in [5.41, 5.74) is 1.81. The van der Waals surface area contributed by atoms with E-state index in [-0.39, 0.29) is 6.61 Å². The monoisotopic (exact) mass is 367 g/mol. The van der Waals surface area contributed by atoms with Crippen LogP contribution in [0.25, 0.3) is 11.1 Å². The molecule has 1 N–H and O–H groups in total. The molecule has 128 valence electrons. The van der Waals surface area contributed by atoms with E-state index in [1.54, 1.807) is 24.4 Å². The zero-order valence-corrected chi connectivity index (χ0v) is 15.0. The van der Waals surface area contributed by atoms with Crippen molar-refractivity contribution in [3.63, 3.8) is 0 Å². The number of esters is 1. The number of carbonyl (C=O) groups is 2. The normalized spacial score (nSPS) is 10.3. The van der Waals surface area contributed by atoms with E-state index in [4.69, 9.17) is 21.1 Å². The molecule has 0 aliphatic carbocycles. The van der Waals surface area contributed by atoms with Crippen LogP contribution in [0, 0.1) is 0 Å². The summed E-state index contributed by atoms with van der Waals surface area (Å²) < 4.78 is 10.1. The highest BCUT2D eigenvalue weighted by atomic mass is 35.5. The molecule has 5 nitrogen and oxygen atoms in total. The van der Waals surface area contributed by atoms with Crippen molar-refractivity contribution in [2.75, 3.05) is 18.5 Å². The standard InChI is InChI=1S/C17H18ClNO4S/c1-3-9-23-17(21)19-15-14(16(20)22-4-2)13(10-24-15)11-5-7-12(18)8-6-11/h5-8,10H,3-4,9H2,1-2H3,(H,19,21). The van der Waals surface area contributed by atoms with Gasteiger partial charge in [-0.1, -0.05) is 30.7 Å². The Bertz CT molecular complexity index is 712. The van der Waals surface area contributed by atoms with Gasteiger partial charge in [-0.05, 0) is 31.0 Å². The van der Waals surface area contributed by atoms with Crippen molar-refractivity contribution in [2.45, 2.75) is 20.3 Å². The number of rotatable bonds is 6. The Balaban J connectivity index is 2.35. The number of ether oxygens (including phenoxy) is 2. The van der Waals surface area contributed by atoms with Crippen LogP contribution >= 0.6 is 22.9 Å². The Morgan fingerprint density at radius 1 is 1.17 bits per heavy atom. The van der Waals surface area contributed by atoms with Crippen molar-refractivity contribution < 1.29 is 19.1 Å². The second kappa shape index (κ2) is 8.70. The van der Waals surface area contributed by atoms with Gasteiger partial charge >= 0.3 is 12.1 Å². The lowest BCUT2D eigenvalue weighted by molar-refractivity contribution is 0.0529. The van der Waals surface area contributed by atoms with Crippen molar-refractivity contribution in [3.05, 3.63) is 40.2 Å². The number of carbonyl (C=O) groups excluding carboxylic acids is 2. The molecule has 1 aromatic carbocycles. The van der Waals surface area contributed by atoms with Crippen LogP contribution in [0.2, 0.25) is 5.02 Å². The zero-order valence-electron chi connectivity index (χ0n) is 13.4. The van der Waals surface area contributed by atoms with Crippen LogP contribution in [0.15, 0.2) is 29.6 Å². The molecule has 0 radical (unpaired) electrons. The first-order valence-corrected chi connectivity index (χ1v) is 8.80. The lowest BCUT2D eigenvalue weighted by Crippen LogP contribution is -2.16. The molecule has 1 amide bonds. The van der Waals surface area contributed by atoms with E-state index in [0.29, 0.717) is 27.8 Å². The van der Waals surface area contributed by atoms with Gasteiger partial charge in [0.25, 0.3) is 0 Å². The van der Waals surface area contributed by atoms with Gasteiger partial charge in [0.05, 0.1) is 13.2 Å². The molecule has 0 unspecified atom stereocenters. The minimum Gasteiger partial charge on any atom is -0.462 e. The van der Waals surface area contributed by atoms with E-state index < -0.39 is 12.1 Å². The Morgan fingerprint density at radius 3 is 2.50 bits per heavy atom. The van der Waals surface area contributed by atoms with Gasteiger partial charge in [-0.3, -0.25) is 5.32 Å². The van der Waals surface area contributed by atoms with Crippen molar-refractivity contribution >= 4 is 40.0 Å². The number of anilines is 1. The van der Waals surface area contributed by atoms with Gasteiger partial charge in [-0.2, -0.15) is 0 Å². The average molecular weight is 368 g/mol. The molecule has 0 fully saturated rings. The number of halogens is 1. The number of nitrogens with one attached hydrogen (secondary N) is 1. The summed E-state index contributed by atoms with van der Waals surface area (Å²) in [5.74, 6) is -0.491. The molecule has 0 aliphatic heterocycles. The summed E-state index contributed by atoms with van der Waals surface area (Å²) in [5, 5.41) is 5.42.